The van der Waals surface area contributed by atoms with Crippen LogP contribution in [0.4, 0.5) is 0 Å². The fraction of sp³-hybridized carbons (Fsp3) is 0.0952. The van der Waals surface area contributed by atoms with Crippen molar-refractivity contribution in [3.63, 3.8) is 0 Å². The molecule has 0 aliphatic heterocycles. The topological polar surface area (TPSA) is 60.4 Å². The Bertz CT molecular complexity index is 1070. The molecule has 7 heteroatoms. The second kappa shape index (κ2) is 8.88. The third-order valence-corrected chi connectivity index (χ3v) is 5.75. The van der Waals surface area contributed by atoms with Crippen molar-refractivity contribution in [3.8, 4) is 0 Å². The van der Waals surface area contributed by atoms with Gasteiger partial charge in [-0.05, 0) is 35.9 Å². The van der Waals surface area contributed by atoms with Crippen molar-refractivity contribution in [1.82, 2.24) is 0 Å². The van der Waals surface area contributed by atoms with Crippen molar-refractivity contribution in [2.24, 2.45) is 0 Å². The zero-order valence-corrected chi connectivity index (χ0v) is 16.9. The van der Waals surface area contributed by atoms with Crippen LogP contribution >= 0.6 is 23.2 Å². The third-order valence-electron chi connectivity index (χ3n) is 3.98. The molecule has 1 unspecified atom stereocenters. The van der Waals surface area contributed by atoms with Crippen LogP contribution in [0.3, 0.4) is 0 Å². The molecule has 0 aliphatic carbocycles. The zero-order chi connectivity index (χ0) is 20.1. The first-order valence-corrected chi connectivity index (χ1v) is 10.7. The summed E-state index contributed by atoms with van der Waals surface area (Å²) < 4.78 is 30.7. The first-order valence-electron chi connectivity index (χ1n) is 8.35. The van der Waals surface area contributed by atoms with E-state index in [1.165, 1.54) is 12.1 Å². The van der Waals surface area contributed by atoms with E-state index in [0.29, 0.717) is 10.6 Å². The number of hydrogen-bond donors (Lipinski definition) is 0. The number of hydrogen-bond acceptors (Lipinski definition) is 4. The predicted molar refractivity (Wildman–Crippen MR) is 110 cm³/mol. The quantitative estimate of drug-likeness (QED) is 0.365. The molecule has 28 heavy (non-hydrogen) atoms. The third kappa shape index (κ3) is 5.20. The van der Waals surface area contributed by atoms with Crippen molar-refractivity contribution in [3.05, 3.63) is 106 Å². The molecular formula is C21H16Cl2O4S. The second-order valence-electron chi connectivity index (χ2n) is 6.06. The molecule has 0 spiro atoms. The van der Waals surface area contributed by atoms with Gasteiger partial charge in [-0.3, -0.25) is 8.98 Å². The molecule has 0 bridgehead atoms. The molecule has 3 aromatic carbocycles. The van der Waals surface area contributed by atoms with Crippen LogP contribution in [0.2, 0.25) is 10.0 Å². The van der Waals surface area contributed by atoms with Gasteiger partial charge in [0.2, 0.25) is 0 Å². The van der Waals surface area contributed by atoms with Crippen molar-refractivity contribution >= 4 is 39.1 Å². The summed E-state index contributed by atoms with van der Waals surface area (Å²) in [4.78, 5) is 13.0. The number of rotatable bonds is 7. The van der Waals surface area contributed by atoms with Gasteiger partial charge in [0.05, 0.1) is 0 Å². The minimum atomic E-state index is -4.07. The van der Waals surface area contributed by atoms with E-state index < -0.39 is 22.0 Å². The molecule has 0 saturated heterocycles. The minimum absolute atomic E-state index is 0.240. The normalized spacial score (nSPS) is 12.5. The minimum Gasteiger partial charge on any atom is -0.291 e. The van der Waals surface area contributed by atoms with Crippen LogP contribution in [0.1, 0.15) is 27.6 Å². The molecule has 4 nitrogen and oxygen atoms in total. The van der Waals surface area contributed by atoms with E-state index in [1.54, 1.807) is 66.7 Å². The van der Waals surface area contributed by atoms with E-state index in [2.05, 4.69) is 0 Å². The lowest BCUT2D eigenvalue weighted by Crippen LogP contribution is -2.21. The molecule has 0 saturated carbocycles. The van der Waals surface area contributed by atoms with E-state index in [1.807, 2.05) is 0 Å². The lowest BCUT2D eigenvalue weighted by atomic mass is 10.00. The van der Waals surface area contributed by atoms with E-state index >= 15 is 0 Å². The Kier molecular flexibility index (Phi) is 6.52. The lowest BCUT2D eigenvalue weighted by Gasteiger charge is -2.18. The van der Waals surface area contributed by atoms with Gasteiger partial charge in [-0.25, -0.2) is 0 Å². The van der Waals surface area contributed by atoms with E-state index in [4.69, 9.17) is 27.4 Å². The molecule has 1 atom stereocenters. The molecule has 0 N–H and O–H groups in total. The highest BCUT2D eigenvalue weighted by Gasteiger charge is 2.30. The molecule has 144 valence electrons. The Morgan fingerprint density at radius 1 is 0.857 bits per heavy atom. The number of ketones is 1. The van der Waals surface area contributed by atoms with Crippen LogP contribution in [-0.4, -0.2) is 14.2 Å². The summed E-state index contributed by atoms with van der Waals surface area (Å²) in [5.74, 6) is -0.885. The first kappa shape index (κ1) is 20.6. The number of Topliss-reactive ketones (excluding diaryl/α,β-unsaturated/α-hetero) is 1. The van der Waals surface area contributed by atoms with Gasteiger partial charge in [-0.2, -0.15) is 8.42 Å². The van der Waals surface area contributed by atoms with Gasteiger partial charge < -0.3 is 0 Å². The van der Waals surface area contributed by atoms with Crippen LogP contribution in [0.15, 0.2) is 78.9 Å². The summed E-state index contributed by atoms with van der Waals surface area (Å²) in [7, 11) is -4.07. The predicted octanol–water partition coefficient (Wildman–Crippen LogP) is 5.46. The monoisotopic (exact) mass is 434 g/mol. The summed E-state index contributed by atoms with van der Waals surface area (Å²) in [6.07, 6.45) is -1.40. The fourth-order valence-electron chi connectivity index (χ4n) is 2.65. The Morgan fingerprint density at radius 3 is 2.11 bits per heavy atom. The van der Waals surface area contributed by atoms with Gasteiger partial charge in [0.15, 0.2) is 11.9 Å². The van der Waals surface area contributed by atoms with Gasteiger partial charge in [0.25, 0.3) is 10.1 Å². The summed E-state index contributed by atoms with van der Waals surface area (Å²) in [6, 6.07) is 21.2. The van der Waals surface area contributed by atoms with Gasteiger partial charge in [-0.1, -0.05) is 71.7 Å². The Labute approximate surface area is 173 Å². The summed E-state index contributed by atoms with van der Waals surface area (Å²) in [5.41, 5.74) is 1.10. The second-order valence-corrected chi connectivity index (χ2v) is 8.50. The average molecular weight is 435 g/mol. The number of benzene rings is 3. The number of carbonyl (C=O) groups is 1. The van der Waals surface area contributed by atoms with Gasteiger partial charge in [0.1, 0.15) is 5.75 Å². The molecule has 0 aromatic heterocycles. The molecule has 3 rings (SSSR count). The standard InChI is InChI=1S/C21H16Cl2O4S/c22-17-12-10-16(11-13-17)20(24)21(18-8-4-5-9-19(18)23)27-28(25,26)14-15-6-2-1-3-7-15/h1-13,21H,14H2. The lowest BCUT2D eigenvalue weighted by molar-refractivity contribution is 0.0801. The molecule has 0 amide bonds. The van der Waals surface area contributed by atoms with Crippen molar-refractivity contribution in [2.45, 2.75) is 11.9 Å². The molecular weight excluding hydrogens is 419 g/mol. The van der Waals surface area contributed by atoms with Gasteiger partial charge in [0, 0.05) is 21.2 Å². The maximum atomic E-state index is 13.0. The molecule has 0 radical (unpaired) electrons. The van der Waals surface area contributed by atoms with E-state index in [0.717, 1.165) is 0 Å². The molecule has 0 aliphatic rings. The molecule has 0 heterocycles. The van der Waals surface area contributed by atoms with Crippen LogP contribution in [0.5, 0.6) is 0 Å². The van der Waals surface area contributed by atoms with Crippen LogP contribution in [-0.2, 0) is 20.1 Å². The maximum Gasteiger partial charge on any atom is 0.272 e. The Morgan fingerprint density at radius 2 is 1.46 bits per heavy atom. The summed E-state index contributed by atoms with van der Waals surface area (Å²) in [6.45, 7) is 0. The van der Waals surface area contributed by atoms with Gasteiger partial charge in [-0.15, -0.1) is 0 Å². The summed E-state index contributed by atoms with van der Waals surface area (Å²) in [5, 5.41) is 0.702. The number of halogens is 2. The SMILES string of the molecule is O=C(c1ccc(Cl)cc1)C(OS(=O)(=O)Cc1ccccc1)c1ccccc1Cl. The van der Waals surface area contributed by atoms with Crippen LogP contribution in [0, 0.1) is 0 Å². The Balaban J connectivity index is 1.95. The van der Waals surface area contributed by atoms with Crippen molar-refractivity contribution in [1.29, 1.82) is 0 Å². The molecule has 0 fully saturated rings. The zero-order valence-electron chi connectivity index (χ0n) is 14.6. The van der Waals surface area contributed by atoms with Crippen molar-refractivity contribution < 1.29 is 17.4 Å². The highest BCUT2D eigenvalue weighted by molar-refractivity contribution is 7.85. The van der Waals surface area contributed by atoms with E-state index in [9.17, 15) is 13.2 Å². The van der Waals surface area contributed by atoms with Crippen LogP contribution < -0.4 is 0 Å². The van der Waals surface area contributed by atoms with E-state index in [-0.39, 0.29) is 21.9 Å². The summed E-state index contributed by atoms with van der Waals surface area (Å²) >= 11 is 12.1. The van der Waals surface area contributed by atoms with Crippen LogP contribution in [0.25, 0.3) is 0 Å². The van der Waals surface area contributed by atoms with Gasteiger partial charge >= 0.3 is 0 Å². The Hall–Kier alpha value is -2.18. The largest absolute Gasteiger partial charge is 0.291 e. The smallest absolute Gasteiger partial charge is 0.272 e. The van der Waals surface area contributed by atoms with Crippen molar-refractivity contribution in [2.75, 3.05) is 0 Å². The average Bonchev–Trinajstić information content (AvgIpc) is 2.67. The maximum absolute atomic E-state index is 13.0. The fourth-order valence-corrected chi connectivity index (χ4v) is 4.16. The molecule has 3 aromatic rings. The first-order chi connectivity index (χ1) is 13.4. The number of carbonyl (C=O) groups excluding carboxylic acids is 1. The highest BCUT2D eigenvalue weighted by atomic mass is 35.5. The highest BCUT2D eigenvalue weighted by Crippen LogP contribution is 2.31.